The van der Waals surface area contributed by atoms with E-state index >= 15 is 0 Å². The van der Waals surface area contributed by atoms with Crippen LogP contribution in [0.5, 0.6) is 5.75 Å². The molecule has 4 aromatic carbocycles. The van der Waals surface area contributed by atoms with Crippen molar-refractivity contribution in [3.05, 3.63) is 142 Å². The average Bonchev–Trinajstić information content (AvgIpc) is 3.38. The van der Waals surface area contributed by atoms with Gasteiger partial charge in [0.15, 0.2) is 0 Å². The molecule has 46 heavy (non-hydrogen) atoms. The van der Waals surface area contributed by atoms with Gasteiger partial charge in [-0.15, -0.1) is 0 Å². The number of esters is 1. The van der Waals surface area contributed by atoms with Gasteiger partial charge < -0.3 is 14.4 Å². The lowest BCUT2D eigenvalue weighted by molar-refractivity contribution is -0.529. The smallest absolute Gasteiger partial charge is 0.327 e. The van der Waals surface area contributed by atoms with Crippen molar-refractivity contribution < 1.29 is 24.0 Å². The van der Waals surface area contributed by atoms with Crippen LogP contribution in [0.25, 0.3) is 0 Å². The summed E-state index contributed by atoms with van der Waals surface area (Å²) in [5.41, 5.74) is 2.69. The molecule has 6 unspecified atom stereocenters. The predicted molar refractivity (Wildman–Crippen MR) is 172 cm³/mol. The fraction of sp³-hybridized carbons (Fsp3) is 0.297. The summed E-state index contributed by atoms with van der Waals surface area (Å²) in [7, 11) is 1.57. The van der Waals surface area contributed by atoms with Crippen LogP contribution in [-0.2, 0) is 27.3 Å². The standard InChI is InChI=1S/C37H35N3O6/c1-3-46-36(42)37-22-26-16-10-11-17-27(26)23-38(37)34(33(40(43)44)31(37)25-14-8-5-9-15-25)32-30(24-12-6-4-7-13-24)35(41)39(32)28-18-20-29(45-2)21-19-28/h4-21,30-34H,3,22-23H2,1-2H3. The van der Waals surface area contributed by atoms with E-state index in [1.807, 2.05) is 89.8 Å². The van der Waals surface area contributed by atoms with E-state index in [0.717, 1.165) is 16.7 Å². The van der Waals surface area contributed by atoms with Crippen molar-refractivity contribution in [3.63, 3.8) is 0 Å². The van der Waals surface area contributed by atoms with Crippen molar-refractivity contribution in [2.75, 3.05) is 18.6 Å². The fourth-order valence-corrected chi connectivity index (χ4v) is 8.17. The number of methoxy groups -OCH3 is 1. The van der Waals surface area contributed by atoms with Crippen molar-refractivity contribution >= 4 is 17.6 Å². The molecule has 9 nitrogen and oxygen atoms in total. The van der Waals surface area contributed by atoms with E-state index in [9.17, 15) is 19.7 Å². The summed E-state index contributed by atoms with van der Waals surface area (Å²) >= 11 is 0. The lowest BCUT2D eigenvalue weighted by Gasteiger charge is -2.53. The summed E-state index contributed by atoms with van der Waals surface area (Å²) in [4.78, 5) is 45.7. The number of carbonyl (C=O) groups excluding carboxylic acids is 2. The molecule has 0 spiro atoms. The molecule has 3 aliphatic rings. The summed E-state index contributed by atoms with van der Waals surface area (Å²) in [6, 6.07) is 31.1. The number of β-lactam (4-membered cyclic amide) rings is 1. The molecular formula is C37H35N3O6. The third kappa shape index (κ3) is 4.48. The van der Waals surface area contributed by atoms with E-state index in [1.165, 1.54) is 0 Å². The van der Waals surface area contributed by atoms with Crippen LogP contribution in [0.3, 0.4) is 0 Å². The second-order valence-corrected chi connectivity index (χ2v) is 12.2. The average molecular weight is 618 g/mol. The van der Waals surface area contributed by atoms with Crippen molar-refractivity contribution in [2.24, 2.45) is 0 Å². The van der Waals surface area contributed by atoms with Gasteiger partial charge in [0.2, 0.25) is 11.9 Å². The Hall–Kier alpha value is -5.02. The van der Waals surface area contributed by atoms with Gasteiger partial charge in [-0.05, 0) is 53.4 Å². The zero-order valence-electron chi connectivity index (χ0n) is 25.7. The van der Waals surface area contributed by atoms with Crippen molar-refractivity contribution in [1.82, 2.24) is 4.90 Å². The molecule has 9 heteroatoms. The Morgan fingerprint density at radius 3 is 2.09 bits per heavy atom. The molecule has 0 aromatic heterocycles. The summed E-state index contributed by atoms with van der Waals surface area (Å²) in [5.74, 6) is -1.49. The molecule has 7 rings (SSSR count). The van der Waals surface area contributed by atoms with Crippen molar-refractivity contribution in [2.45, 2.75) is 55.4 Å². The minimum Gasteiger partial charge on any atom is -0.497 e. The number of hydrogen-bond donors (Lipinski definition) is 0. The Kier molecular flexibility index (Phi) is 7.56. The number of carbonyl (C=O) groups is 2. The molecule has 2 saturated heterocycles. The Morgan fingerprint density at radius 2 is 1.48 bits per heavy atom. The van der Waals surface area contributed by atoms with E-state index in [0.29, 0.717) is 23.5 Å². The third-order valence-corrected chi connectivity index (χ3v) is 10.0. The monoisotopic (exact) mass is 617 g/mol. The Balaban J connectivity index is 1.48. The Labute approximate surface area is 267 Å². The van der Waals surface area contributed by atoms with Gasteiger partial charge in [-0.1, -0.05) is 84.9 Å². The van der Waals surface area contributed by atoms with Crippen molar-refractivity contribution in [3.8, 4) is 5.75 Å². The summed E-state index contributed by atoms with van der Waals surface area (Å²) in [6.45, 7) is 2.19. The van der Waals surface area contributed by atoms with E-state index in [4.69, 9.17) is 9.47 Å². The zero-order chi connectivity index (χ0) is 32.0. The number of ether oxygens (including phenoxy) is 2. The molecule has 0 aliphatic carbocycles. The number of nitrogens with zero attached hydrogens (tertiary/aromatic N) is 3. The highest BCUT2D eigenvalue weighted by Crippen LogP contribution is 2.57. The predicted octanol–water partition coefficient (Wildman–Crippen LogP) is 5.37. The van der Waals surface area contributed by atoms with Crippen LogP contribution in [0, 0.1) is 10.1 Å². The highest BCUT2D eigenvalue weighted by molar-refractivity contribution is 6.07. The Morgan fingerprint density at radius 1 is 0.870 bits per heavy atom. The van der Waals surface area contributed by atoms with E-state index in [2.05, 4.69) is 0 Å². The Bertz CT molecular complexity index is 1770. The van der Waals surface area contributed by atoms with Gasteiger partial charge in [-0.2, -0.15) is 0 Å². The molecule has 1 amide bonds. The number of fused-ring (bicyclic) bond motifs is 2. The maximum Gasteiger partial charge on any atom is 0.327 e. The summed E-state index contributed by atoms with van der Waals surface area (Å²) in [5, 5.41) is 13.5. The lowest BCUT2D eigenvalue weighted by atomic mass is 9.71. The van der Waals surface area contributed by atoms with Crippen LogP contribution in [0.1, 0.15) is 41.0 Å². The van der Waals surface area contributed by atoms with Gasteiger partial charge in [0.1, 0.15) is 17.3 Å². The minimum atomic E-state index is -1.38. The molecule has 0 radical (unpaired) electrons. The van der Waals surface area contributed by atoms with E-state index in [-0.39, 0.29) is 23.9 Å². The number of amides is 1. The number of benzene rings is 4. The molecule has 4 aromatic rings. The highest BCUT2D eigenvalue weighted by Gasteiger charge is 2.74. The second kappa shape index (κ2) is 11.7. The van der Waals surface area contributed by atoms with Gasteiger partial charge >= 0.3 is 5.97 Å². The van der Waals surface area contributed by atoms with Crippen LogP contribution in [0.2, 0.25) is 0 Å². The zero-order valence-corrected chi connectivity index (χ0v) is 25.7. The molecule has 0 bridgehead atoms. The number of rotatable bonds is 8. The molecule has 0 saturated carbocycles. The SMILES string of the molecule is CCOC(=O)C12Cc3ccccc3CN1C(C1C(c3ccccc3)C(=O)N1c1ccc(OC)cc1)C([N+](=O)[O-])C2c1ccccc1. The molecule has 6 atom stereocenters. The number of nitro groups is 1. The summed E-state index contributed by atoms with van der Waals surface area (Å²) < 4.78 is 11.2. The quantitative estimate of drug-likeness (QED) is 0.113. The highest BCUT2D eigenvalue weighted by atomic mass is 16.6. The normalized spacial score (nSPS) is 26.9. The lowest BCUT2D eigenvalue weighted by Crippen LogP contribution is -2.71. The minimum absolute atomic E-state index is 0.137. The molecule has 2 fully saturated rings. The maximum absolute atomic E-state index is 14.5. The molecule has 234 valence electrons. The van der Waals surface area contributed by atoms with Crippen molar-refractivity contribution in [1.29, 1.82) is 0 Å². The van der Waals surface area contributed by atoms with Crippen LogP contribution >= 0.6 is 0 Å². The van der Waals surface area contributed by atoms with Gasteiger partial charge in [-0.3, -0.25) is 19.8 Å². The third-order valence-electron chi connectivity index (χ3n) is 10.0. The van der Waals surface area contributed by atoms with Gasteiger partial charge in [0.05, 0.1) is 31.6 Å². The van der Waals surface area contributed by atoms with Crippen LogP contribution < -0.4 is 9.64 Å². The first-order valence-electron chi connectivity index (χ1n) is 15.6. The van der Waals surface area contributed by atoms with Crippen LogP contribution in [0.15, 0.2) is 109 Å². The van der Waals surface area contributed by atoms with Gasteiger partial charge in [-0.25, -0.2) is 4.79 Å². The first kappa shape index (κ1) is 29.7. The van der Waals surface area contributed by atoms with E-state index in [1.54, 1.807) is 43.2 Å². The molecular weight excluding hydrogens is 582 g/mol. The number of hydrogen-bond acceptors (Lipinski definition) is 7. The topological polar surface area (TPSA) is 102 Å². The fourth-order valence-electron chi connectivity index (χ4n) is 8.17. The molecule has 3 aliphatic heterocycles. The first-order valence-corrected chi connectivity index (χ1v) is 15.6. The second-order valence-electron chi connectivity index (χ2n) is 12.2. The first-order chi connectivity index (χ1) is 22.4. The molecule has 0 N–H and O–H groups in total. The largest absolute Gasteiger partial charge is 0.497 e. The van der Waals surface area contributed by atoms with Crippen LogP contribution in [0.4, 0.5) is 5.69 Å². The van der Waals surface area contributed by atoms with Gasteiger partial charge in [0.25, 0.3) is 0 Å². The number of anilines is 1. The summed E-state index contributed by atoms with van der Waals surface area (Å²) in [6.07, 6.45) is 0.252. The van der Waals surface area contributed by atoms with Crippen LogP contribution in [-0.4, -0.2) is 59.1 Å². The molecule has 3 heterocycles. The van der Waals surface area contributed by atoms with E-state index < -0.39 is 41.5 Å². The van der Waals surface area contributed by atoms with Gasteiger partial charge in [0, 0.05) is 23.6 Å². The maximum atomic E-state index is 14.5.